The molecule has 0 radical (unpaired) electrons. The molecule has 26 heavy (non-hydrogen) atoms. The van der Waals surface area contributed by atoms with E-state index < -0.39 is 0 Å². The third kappa shape index (κ3) is 4.33. The Morgan fingerprint density at radius 3 is 2.58 bits per heavy atom. The third-order valence-electron chi connectivity index (χ3n) is 5.11. The Balaban J connectivity index is 1.78. The van der Waals surface area contributed by atoms with Crippen molar-refractivity contribution in [3.05, 3.63) is 52.6 Å². The summed E-state index contributed by atoms with van der Waals surface area (Å²) < 4.78 is 7.35. The molecule has 1 aromatic carbocycles. The van der Waals surface area contributed by atoms with Crippen molar-refractivity contribution in [2.75, 3.05) is 20.3 Å². The molecule has 3 rings (SSSR count). The Hall–Kier alpha value is -2.14. The van der Waals surface area contributed by atoms with E-state index in [1.807, 2.05) is 17.3 Å². The SMILES string of the molecule is COCCN(Cc1nccn1Cc1c(C)cc(C)cc1C)C(=O)C1CC1. The van der Waals surface area contributed by atoms with Crippen molar-refractivity contribution < 1.29 is 9.53 Å². The van der Waals surface area contributed by atoms with Crippen LogP contribution in [0.3, 0.4) is 0 Å². The molecule has 1 saturated carbocycles. The molecule has 5 nitrogen and oxygen atoms in total. The Kier molecular flexibility index (Phi) is 5.77. The van der Waals surface area contributed by atoms with E-state index in [2.05, 4.69) is 42.5 Å². The Morgan fingerprint density at radius 2 is 1.96 bits per heavy atom. The molecule has 0 N–H and O–H groups in total. The first-order valence-corrected chi connectivity index (χ1v) is 9.34. The average molecular weight is 355 g/mol. The van der Waals surface area contributed by atoms with E-state index in [9.17, 15) is 4.79 Å². The minimum atomic E-state index is 0.205. The summed E-state index contributed by atoms with van der Waals surface area (Å²) in [5.41, 5.74) is 5.21. The van der Waals surface area contributed by atoms with Gasteiger partial charge in [0.15, 0.2) is 0 Å². The maximum absolute atomic E-state index is 12.6. The lowest BCUT2D eigenvalue weighted by Gasteiger charge is -2.23. The fourth-order valence-electron chi connectivity index (χ4n) is 3.49. The van der Waals surface area contributed by atoms with Crippen LogP contribution in [0.15, 0.2) is 24.5 Å². The number of rotatable bonds is 8. The monoisotopic (exact) mass is 355 g/mol. The van der Waals surface area contributed by atoms with Crippen LogP contribution in [0.25, 0.3) is 0 Å². The molecule has 0 unspecified atom stereocenters. The molecule has 0 atom stereocenters. The summed E-state index contributed by atoms with van der Waals surface area (Å²) in [4.78, 5) is 19.0. The number of carbonyl (C=O) groups is 1. The summed E-state index contributed by atoms with van der Waals surface area (Å²) in [6.45, 7) is 8.93. The molecule has 1 amide bonds. The lowest BCUT2D eigenvalue weighted by atomic mass is 10.00. The van der Waals surface area contributed by atoms with Gasteiger partial charge in [0.1, 0.15) is 5.82 Å². The molecule has 0 aliphatic heterocycles. The molecule has 1 heterocycles. The van der Waals surface area contributed by atoms with Crippen LogP contribution < -0.4 is 0 Å². The van der Waals surface area contributed by atoms with Crippen molar-refractivity contribution in [1.82, 2.24) is 14.5 Å². The van der Waals surface area contributed by atoms with Crippen LogP contribution in [0.2, 0.25) is 0 Å². The zero-order valence-electron chi connectivity index (χ0n) is 16.3. The Labute approximate surface area is 156 Å². The lowest BCUT2D eigenvalue weighted by Crippen LogP contribution is -2.35. The number of methoxy groups -OCH3 is 1. The normalized spacial score (nSPS) is 13.8. The minimum Gasteiger partial charge on any atom is -0.383 e. The van der Waals surface area contributed by atoms with Gasteiger partial charge in [0.25, 0.3) is 0 Å². The molecule has 5 heteroatoms. The van der Waals surface area contributed by atoms with Crippen molar-refractivity contribution in [2.45, 2.75) is 46.7 Å². The van der Waals surface area contributed by atoms with Crippen LogP contribution in [0, 0.1) is 26.7 Å². The number of amides is 1. The number of hydrogen-bond acceptors (Lipinski definition) is 3. The topological polar surface area (TPSA) is 47.4 Å². The quantitative estimate of drug-likeness (QED) is 0.730. The predicted octanol–water partition coefficient (Wildman–Crippen LogP) is 3.24. The molecular formula is C21H29N3O2. The maximum Gasteiger partial charge on any atom is 0.226 e. The molecule has 2 aromatic rings. The third-order valence-corrected chi connectivity index (χ3v) is 5.11. The molecule has 1 fully saturated rings. The van der Waals surface area contributed by atoms with Gasteiger partial charge in [0, 0.05) is 38.5 Å². The minimum absolute atomic E-state index is 0.205. The van der Waals surface area contributed by atoms with Crippen LogP contribution in [0.1, 0.15) is 40.9 Å². The van der Waals surface area contributed by atoms with Crippen LogP contribution in [-0.4, -0.2) is 40.6 Å². The fourth-order valence-corrected chi connectivity index (χ4v) is 3.49. The van der Waals surface area contributed by atoms with Crippen molar-refractivity contribution >= 4 is 5.91 Å². The number of aromatic nitrogens is 2. The smallest absolute Gasteiger partial charge is 0.226 e. The summed E-state index contributed by atoms with van der Waals surface area (Å²) in [6, 6.07) is 4.45. The molecular weight excluding hydrogens is 326 g/mol. The summed E-state index contributed by atoms with van der Waals surface area (Å²) in [5, 5.41) is 0. The summed E-state index contributed by atoms with van der Waals surface area (Å²) in [7, 11) is 1.67. The summed E-state index contributed by atoms with van der Waals surface area (Å²) in [6.07, 6.45) is 5.85. The van der Waals surface area contributed by atoms with Crippen molar-refractivity contribution in [1.29, 1.82) is 0 Å². The van der Waals surface area contributed by atoms with Crippen molar-refractivity contribution in [3.8, 4) is 0 Å². The predicted molar refractivity (Wildman–Crippen MR) is 102 cm³/mol. The van der Waals surface area contributed by atoms with Gasteiger partial charge in [0.2, 0.25) is 5.91 Å². The van der Waals surface area contributed by atoms with Crippen molar-refractivity contribution in [2.24, 2.45) is 5.92 Å². The second kappa shape index (κ2) is 8.04. The first-order valence-electron chi connectivity index (χ1n) is 9.34. The molecule has 1 aliphatic rings. The van der Waals surface area contributed by atoms with Crippen molar-refractivity contribution in [3.63, 3.8) is 0 Å². The second-order valence-electron chi connectivity index (χ2n) is 7.38. The second-order valence-corrected chi connectivity index (χ2v) is 7.38. The zero-order valence-corrected chi connectivity index (χ0v) is 16.3. The first kappa shape index (κ1) is 18.6. The lowest BCUT2D eigenvalue weighted by molar-refractivity contribution is -0.134. The van der Waals surface area contributed by atoms with E-state index in [0.29, 0.717) is 19.7 Å². The molecule has 1 aromatic heterocycles. The van der Waals surface area contributed by atoms with Gasteiger partial charge in [-0.25, -0.2) is 4.98 Å². The van der Waals surface area contributed by atoms with E-state index in [-0.39, 0.29) is 11.8 Å². The van der Waals surface area contributed by atoms with Crippen LogP contribution >= 0.6 is 0 Å². The summed E-state index contributed by atoms with van der Waals surface area (Å²) in [5.74, 6) is 1.37. The highest BCUT2D eigenvalue weighted by Crippen LogP contribution is 2.31. The Bertz CT molecular complexity index is 754. The van der Waals surface area contributed by atoms with E-state index in [1.54, 1.807) is 7.11 Å². The van der Waals surface area contributed by atoms with Gasteiger partial charge in [-0.15, -0.1) is 0 Å². The summed E-state index contributed by atoms with van der Waals surface area (Å²) >= 11 is 0. The molecule has 0 saturated heterocycles. The molecule has 0 bridgehead atoms. The van der Waals surface area contributed by atoms with Gasteiger partial charge in [-0.1, -0.05) is 17.7 Å². The number of hydrogen-bond donors (Lipinski definition) is 0. The number of aryl methyl sites for hydroxylation is 3. The van der Waals surface area contributed by atoms with Gasteiger partial charge < -0.3 is 14.2 Å². The van der Waals surface area contributed by atoms with Gasteiger partial charge in [-0.2, -0.15) is 0 Å². The van der Waals surface area contributed by atoms with Crippen LogP contribution in [0.5, 0.6) is 0 Å². The Morgan fingerprint density at radius 1 is 1.27 bits per heavy atom. The highest BCUT2D eigenvalue weighted by molar-refractivity contribution is 5.81. The molecule has 140 valence electrons. The number of carbonyl (C=O) groups excluding carboxylic acids is 1. The highest BCUT2D eigenvalue weighted by Gasteiger charge is 2.33. The standard InChI is InChI=1S/C21H29N3O2/c1-15-11-16(2)19(17(3)12-15)13-23-8-7-22-20(23)14-24(9-10-26-4)21(25)18-5-6-18/h7-8,11-12,18H,5-6,9-10,13-14H2,1-4H3. The number of nitrogens with zero attached hydrogens (tertiary/aromatic N) is 3. The molecule has 1 aliphatic carbocycles. The van der Waals surface area contributed by atoms with E-state index in [1.165, 1.54) is 22.3 Å². The van der Waals surface area contributed by atoms with Crippen LogP contribution in [-0.2, 0) is 22.6 Å². The number of benzene rings is 1. The average Bonchev–Trinajstić information content (AvgIpc) is 3.35. The van der Waals surface area contributed by atoms with E-state index >= 15 is 0 Å². The highest BCUT2D eigenvalue weighted by atomic mass is 16.5. The van der Waals surface area contributed by atoms with Gasteiger partial charge in [0.05, 0.1) is 13.2 Å². The largest absolute Gasteiger partial charge is 0.383 e. The van der Waals surface area contributed by atoms with Gasteiger partial charge in [-0.05, 0) is 50.3 Å². The molecule has 0 spiro atoms. The van der Waals surface area contributed by atoms with Crippen LogP contribution in [0.4, 0.5) is 0 Å². The van der Waals surface area contributed by atoms with E-state index in [0.717, 1.165) is 25.2 Å². The zero-order chi connectivity index (χ0) is 18.7. The number of imidazole rings is 1. The van der Waals surface area contributed by atoms with E-state index in [4.69, 9.17) is 4.74 Å². The number of ether oxygens (including phenoxy) is 1. The van der Waals surface area contributed by atoms with Gasteiger partial charge in [-0.3, -0.25) is 4.79 Å². The first-order chi connectivity index (χ1) is 12.5. The fraction of sp³-hybridized carbons (Fsp3) is 0.524. The van der Waals surface area contributed by atoms with Gasteiger partial charge >= 0.3 is 0 Å². The maximum atomic E-state index is 12.6.